The van der Waals surface area contributed by atoms with Gasteiger partial charge in [0, 0.05) is 13.1 Å². The van der Waals surface area contributed by atoms with Crippen LogP contribution in [0.1, 0.15) is 12.8 Å². The first-order valence-electron chi connectivity index (χ1n) is 4.60. The van der Waals surface area contributed by atoms with Gasteiger partial charge in [-0.15, -0.1) is 0 Å². The van der Waals surface area contributed by atoms with E-state index >= 15 is 0 Å². The first-order chi connectivity index (χ1) is 6.24. The normalized spacial score (nSPS) is 32.1. The summed E-state index contributed by atoms with van der Waals surface area (Å²) >= 11 is 0. The zero-order valence-electron chi connectivity index (χ0n) is 7.66. The van der Waals surface area contributed by atoms with E-state index in [-0.39, 0.29) is 17.8 Å². The van der Waals surface area contributed by atoms with Gasteiger partial charge in [-0.1, -0.05) is 0 Å². The van der Waals surface area contributed by atoms with Crippen molar-refractivity contribution in [1.82, 2.24) is 4.90 Å². The minimum Gasteiger partial charge on any atom is -0.468 e. The van der Waals surface area contributed by atoms with Crippen molar-refractivity contribution in [3.63, 3.8) is 0 Å². The molecule has 4 nitrogen and oxygen atoms in total. The lowest BCUT2D eigenvalue weighted by Gasteiger charge is -2.42. The Morgan fingerprint density at radius 1 is 1.46 bits per heavy atom. The Hall–Kier alpha value is -1.06. The van der Waals surface area contributed by atoms with Crippen LogP contribution in [0.25, 0.3) is 0 Å². The van der Waals surface area contributed by atoms with Crippen LogP contribution in [0.3, 0.4) is 0 Å². The molecule has 1 unspecified atom stereocenters. The zero-order chi connectivity index (χ0) is 9.42. The van der Waals surface area contributed by atoms with Crippen LogP contribution in [-0.4, -0.2) is 37.0 Å². The lowest BCUT2D eigenvalue weighted by molar-refractivity contribution is -0.163. The van der Waals surface area contributed by atoms with Crippen LogP contribution in [-0.2, 0) is 14.3 Å². The molecule has 1 amide bonds. The van der Waals surface area contributed by atoms with Crippen LogP contribution >= 0.6 is 0 Å². The van der Waals surface area contributed by atoms with Crippen molar-refractivity contribution in [2.45, 2.75) is 12.8 Å². The maximum atomic E-state index is 11.6. The minimum atomic E-state index is -0.507. The summed E-state index contributed by atoms with van der Waals surface area (Å²) < 4.78 is 4.63. The third-order valence-corrected chi connectivity index (χ3v) is 3.04. The van der Waals surface area contributed by atoms with E-state index in [1.807, 2.05) is 0 Å². The SMILES string of the molecule is COC(=O)C1C(=O)N2CCC1CC2. The Labute approximate surface area is 76.8 Å². The molecule has 0 radical (unpaired) electrons. The van der Waals surface area contributed by atoms with Gasteiger partial charge in [0.25, 0.3) is 0 Å². The molecule has 0 N–H and O–H groups in total. The molecule has 72 valence electrons. The third kappa shape index (κ3) is 1.20. The molecule has 0 aliphatic carbocycles. The van der Waals surface area contributed by atoms with Gasteiger partial charge in [0.05, 0.1) is 7.11 Å². The summed E-state index contributed by atoms with van der Waals surface area (Å²) in [5, 5.41) is 0. The van der Waals surface area contributed by atoms with E-state index in [1.165, 1.54) is 7.11 Å². The van der Waals surface area contributed by atoms with Crippen LogP contribution in [0.4, 0.5) is 0 Å². The van der Waals surface area contributed by atoms with Crippen molar-refractivity contribution >= 4 is 11.9 Å². The molecular formula is C9H13NO3. The molecule has 3 heterocycles. The molecular weight excluding hydrogens is 170 g/mol. The summed E-state index contributed by atoms with van der Waals surface area (Å²) in [6.45, 7) is 1.63. The first-order valence-corrected chi connectivity index (χ1v) is 4.60. The van der Waals surface area contributed by atoms with Crippen molar-refractivity contribution in [2.24, 2.45) is 11.8 Å². The molecule has 4 heteroatoms. The van der Waals surface area contributed by atoms with Crippen LogP contribution in [0, 0.1) is 11.8 Å². The molecule has 1 atom stereocenters. The van der Waals surface area contributed by atoms with E-state index in [0.29, 0.717) is 0 Å². The molecule has 13 heavy (non-hydrogen) atoms. The van der Waals surface area contributed by atoms with Gasteiger partial charge in [0.1, 0.15) is 5.92 Å². The highest BCUT2D eigenvalue weighted by Gasteiger charge is 2.45. The third-order valence-electron chi connectivity index (χ3n) is 3.04. The molecule has 3 rings (SSSR count). The Bertz CT molecular complexity index is 243. The smallest absolute Gasteiger partial charge is 0.318 e. The van der Waals surface area contributed by atoms with Gasteiger partial charge in [-0.25, -0.2) is 0 Å². The highest BCUT2D eigenvalue weighted by molar-refractivity contribution is 5.99. The average molecular weight is 183 g/mol. The van der Waals surface area contributed by atoms with Gasteiger partial charge in [-0.3, -0.25) is 9.59 Å². The lowest BCUT2D eigenvalue weighted by Crippen LogP contribution is -2.54. The largest absolute Gasteiger partial charge is 0.468 e. The van der Waals surface area contributed by atoms with Crippen molar-refractivity contribution in [2.75, 3.05) is 20.2 Å². The molecule has 0 aromatic rings. The summed E-state index contributed by atoms with van der Waals surface area (Å²) in [5.74, 6) is -0.675. The van der Waals surface area contributed by atoms with Crippen molar-refractivity contribution in [3.8, 4) is 0 Å². The number of amides is 1. The average Bonchev–Trinajstić information content (AvgIpc) is 2.18. The number of carbonyl (C=O) groups is 2. The quantitative estimate of drug-likeness (QED) is 0.425. The van der Waals surface area contributed by atoms with Gasteiger partial charge < -0.3 is 9.64 Å². The highest BCUT2D eigenvalue weighted by Crippen LogP contribution is 2.33. The number of piperidine rings is 3. The van der Waals surface area contributed by atoms with Gasteiger partial charge in [0.2, 0.25) is 5.91 Å². The second-order valence-corrected chi connectivity index (χ2v) is 3.66. The summed E-state index contributed by atoms with van der Waals surface area (Å²) in [4.78, 5) is 24.7. The molecule has 3 aliphatic rings. The van der Waals surface area contributed by atoms with Crippen LogP contribution < -0.4 is 0 Å². The topological polar surface area (TPSA) is 46.6 Å². The fourth-order valence-electron chi connectivity index (χ4n) is 2.27. The van der Waals surface area contributed by atoms with Crippen molar-refractivity contribution in [3.05, 3.63) is 0 Å². The number of carbonyl (C=O) groups excluding carboxylic acids is 2. The Balaban J connectivity index is 2.18. The maximum absolute atomic E-state index is 11.6. The molecule has 3 aliphatic heterocycles. The summed E-state index contributed by atoms with van der Waals surface area (Å²) in [6, 6.07) is 0. The Morgan fingerprint density at radius 2 is 2.08 bits per heavy atom. The van der Waals surface area contributed by atoms with Crippen molar-refractivity contribution < 1.29 is 14.3 Å². The highest BCUT2D eigenvalue weighted by atomic mass is 16.5. The number of methoxy groups -OCH3 is 1. The van der Waals surface area contributed by atoms with Crippen LogP contribution in [0.2, 0.25) is 0 Å². The zero-order valence-corrected chi connectivity index (χ0v) is 7.66. The second kappa shape index (κ2) is 3.01. The van der Waals surface area contributed by atoms with Crippen molar-refractivity contribution in [1.29, 1.82) is 0 Å². The number of ether oxygens (including phenoxy) is 1. The van der Waals surface area contributed by atoms with Gasteiger partial charge >= 0.3 is 5.97 Å². The molecule has 0 aromatic heterocycles. The van der Waals surface area contributed by atoms with Gasteiger partial charge in [0.15, 0.2) is 0 Å². The molecule has 3 fully saturated rings. The number of nitrogens with zero attached hydrogens (tertiary/aromatic N) is 1. The second-order valence-electron chi connectivity index (χ2n) is 3.66. The van der Waals surface area contributed by atoms with Crippen LogP contribution in [0.15, 0.2) is 0 Å². The summed E-state index contributed by atoms with van der Waals surface area (Å²) in [7, 11) is 1.34. The fraction of sp³-hybridized carbons (Fsp3) is 0.778. The standard InChI is InChI=1S/C9H13NO3/c1-13-9(12)7-6-2-4-10(5-3-6)8(7)11/h6-7H,2-5H2,1H3. The van der Waals surface area contributed by atoms with E-state index in [9.17, 15) is 9.59 Å². The maximum Gasteiger partial charge on any atom is 0.318 e. The number of rotatable bonds is 1. The van der Waals surface area contributed by atoms with E-state index in [1.54, 1.807) is 4.90 Å². The Morgan fingerprint density at radius 3 is 2.54 bits per heavy atom. The Kier molecular flexibility index (Phi) is 1.98. The van der Waals surface area contributed by atoms with E-state index < -0.39 is 5.92 Å². The monoisotopic (exact) mass is 183 g/mol. The van der Waals surface area contributed by atoms with E-state index in [4.69, 9.17) is 0 Å². The van der Waals surface area contributed by atoms with E-state index in [0.717, 1.165) is 25.9 Å². The lowest BCUT2D eigenvalue weighted by atomic mass is 9.78. The van der Waals surface area contributed by atoms with Gasteiger partial charge in [-0.05, 0) is 18.8 Å². The summed E-state index contributed by atoms with van der Waals surface area (Å²) in [6.07, 6.45) is 1.90. The number of esters is 1. The molecule has 0 aromatic carbocycles. The summed E-state index contributed by atoms with van der Waals surface area (Å²) in [5.41, 5.74) is 0. The minimum absolute atomic E-state index is 0.0330. The number of fused-ring (bicyclic) bond motifs is 3. The predicted molar refractivity (Wildman–Crippen MR) is 44.8 cm³/mol. The number of hydrogen-bond donors (Lipinski definition) is 0. The number of hydrogen-bond acceptors (Lipinski definition) is 3. The van der Waals surface area contributed by atoms with Gasteiger partial charge in [-0.2, -0.15) is 0 Å². The van der Waals surface area contributed by atoms with E-state index in [2.05, 4.69) is 4.74 Å². The molecule has 2 bridgehead atoms. The molecule has 3 saturated heterocycles. The first kappa shape index (κ1) is 8.53. The fourth-order valence-corrected chi connectivity index (χ4v) is 2.27. The predicted octanol–water partition coefficient (Wildman–Crippen LogP) is 0.0278. The molecule has 0 spiro atoms. The molecule has 0 saturated carbocycles. The van der Waals surface area contributed by atoms with Crippen LogP contribution in [0.5, 0.6) is 0 Å².